The molecule has 11 heteroatoms. The minimum atomic E-state index is -0.757. The molecule has 2 aliphatic rings. The Bertz CT molecular complexity index is 1530. The third-order valence-electron chi connectivity index (χ3n) is 7.79. The van der Waals surface area contributed by atoms with Crippen molar-refractivity contribution in [2.75, 3.05) is 7.11 Å². The molecule has 5 rings (SSSR count). The van der Waals surface area contributed by atoms with E-state index >= 15 is 0 Å². The van der Waals surface area contributed by atoms with E-state index in [2.05, 4.69) is 10.4 Å². The largest absolute Gasteiger partial charge is 0.497 e. The first kappa shape index (κ1) is 27.5. The molecule has 0 radical (unpaired) electrons. The first-order chi connectivity index (χ1) is 19.0. The highest BCUT2D eigenvalue weighted by Gasteiger charge is 2.53. The van der Waals surface area contributed by atoms with E-state index in [1.54, 1.807) is 41.2 Å². The Morgan fingerprint density at radius 2 is 1.95 bits per heavy atom. The summed E-state index contributed by atoms with van der Waals surface area (Å²) in [5.41, 5.74) is 14.7. The van der Waals surface area contributed by atoms with Gasteiger partial charge in [0.15, 0.2) is 0 Å². The molecule has 2 aliphatic carbocycles. The summed E-state index contributed by atoms with van der Waals surface area (Å²) < 4.78 is 20.6. The van der Waals surface area contributed by atoms with Crippen molar-refractivity contribution in [3.05, 3.63) is 76.3 Å². The van der Waals surface area contributed by atoms with Crippen LogP contribution in [0.1, 0.15) is 48.0 Å². The second kappa shape index (κ2) is 10.8. The smallest absolute Gasteiger partial charge is 0.303 e. The molecule has 1 heterocycles. The van der Waals surface area contributed by atoms with E-state index in [-0.39, 0.29) is 36.2 Å². The van der Waals surface area contributed by atoms with Crippen molar-refractivity contribution >= 4 is 40.1 Å². The number of carboxylic acid groups (broad SMARTS) is 1. The molecule has 40 heavy (non-hydrogen) atoms. The number of ether oxygens (including phenoxy) is 1. The van der Waals surface area contributed by atoms with Gasteiger partial charge in [0.2, 0.25) is 0 Å². The molecule has 9 nitrogen and oxygen atoms in total. The molecule has 2 fully saturated rings. The van der Waals surface area contributed by atoms with Gasteiger partial charge in [-0.15, -0.1) is 0 Å². The number of nitrogens with two attached hydrogens (primary N) is 2. The van der Waals surface area contributed by atoms with Crippen molar-refractivity contribution in [3.63, 3.8) is 0 Å². The number of hydrogen-bond acceptors (Lipinski definition) is 6. The zero-order valence-electron chi connectivity index (χ0n) is 22.0. The van der Waals surface area contributed by atoms with E-state index in [1.807, 2.05) is 0 Å². The summed E-state index contributed by atoms with van der Waals surface area (Å²) >= 11 is 6.32. The summed E-state index contributed by atoms with van der Waals surface area (Å²) in [5.74, 6) is -0.892. The SMILES string of the molecule is COc1cc(F)cc(/C(N)=C/C=C(\N)Cn2ncc3cc(Cl)cc(C(=O)NC4CC5(CC(CC(=O)O)C5)C4)c32)c1. The number of allylic oxidation sites excluding steroid dienone is 3. The summed E-state index contributed by atoms with van der Waals surface area (Å²) in [7, 11) is 1.45. The van der Waals surface area contributed by atoms with Crippen LogP contribution < -0.4 is 21.5 Å². The number of rotatable bonds is 9. The van der Waals surface area contributed by atoms with Crippen LogP contribution in [0.3, 0.4) is 0 Å². The Morgan fingerprint density at radius 3 is 2.65 bits per heavy atom. The van der Waals surface area contributed by atoms with E-state index < -0.39 is 11.8 Å². The molecule has 0 aliphatic heterocycles. The van der Waals surface area contributed by atoms with Crippen LogP contribution in [0.5, 0.6) is 5.75 Å². The van der Waals surface area contributed by atoms with E-state index in [4.69, 9.17) is 32.9 Å². The van der Waals surface area contributed by atoms with Crippen LogP contribution in [0.2, 0.25) is 5.02 Å². The Hall–Kier alpha value is -4.05. The molecule has 0 atom stereocenters. The Labute approximate surface area is 235 Å². The number of carbonyl (C=O) groups excluding carboxylic acids is 1. The first-order valence-corrected chi connectivity index (χ1v) is 13.4. The van der Waals surface area contributed by atoms with Gasteiger partial charge in [-0.3, -0.25) is 14.3 Å². The number of hydrogen-bond donors (Lipinski definition) is 4. The number of nitrogens with zero attached hydrogens (tertiary/aromatic N) is 2. The molecule has 210 valence electrons. The van der Waals surface area contributed by atoms with Crippen molar-refractivity contribution < 1.29 is 23.8 Å². The predicted octanol–water partition coefficient (Wildman–Crippen LogP) is 4.44. The fourth-order valence-electron chi connectivity index (χ4n) is 6.10. The topological polar surface area (TPSA) is 145 Å². The lowest BCUT2D eigenvalue weighted by atomic mass is 9.49. The quantitative estimate of drug-likeness (QED) is 0.280. The maximum absolute atomic E-state index is 13.9. The van der Waals surface area contributed by atoms with Crippen molar-refractivity contribution in [2.45, 2.75) is 44.7 Å². The second-order valence-electron chi connectivity index (χ2n) is 10.9. The van der Waals surface area contributed by atoms with Crippen molar-refractivity contribution in [1.82, 2.24) is 15.1 Å². The van der Waals surface area contributed by atoms with Crippen molar-refractivity contribution in [3.8, 4) is 5.75 Å². The van der Waals surface area contributed by atoms with Gasteiger partial charge in [-0.2, -0.15) is 5.10 Å². The van der Waals surface area contributed by atoms with Crippen LogP contribution in [0, 0.1) is 17.2 Å². The van der Waals surface area contributed by atoms with Crippen LogP contribution in [0.15, 0.2) is 54.4 Å². The third-order valence-corrected chi connectivity index (χ3v) is 8.01. The standard InChI is InChI=1S/C29H31ClFN5O4/c1-40-23-7-17(6-20(31)9-23)25(33)3-2-21(32)15-36-27-18(14-34-36)5-19(30)8-24(27)28(39)35-22-12-29(13-22)10-16(11-29)4-26(37)38/h2-3,5-9,14,16,22H,4,10-13,15,32-33H2,1H3,(H,35,39)(H,37,38)/b21-2-,25-3-. The molecule has 1 aromatic heterocycles. The number of benzene rings is 2. The maximum Gasteiger partial charge on any atom is 0.303 e. The van der Waals surface area contributed by atoms with Gasteiger partial charge in [0.25, 0.3) is 5.91 Å². The maximum atomic E-state index is 13.9. The van der Waals surface area contributed by atoms with Gasteiger partial charge in [0.05, 0.1) is 30.9 Å². The fourth-order valence-corrected chi connectivity index (χ4v) is 6.32. The van der Waals surface area contributed by atoms with E-state index in [1.165, 1.54) is 19.2 Å². The van der Waals surface area contributed by atoms with E-state index in [0.717, 1.165) is 25.7 Å². The van der Waals surface area contributed by atoms with Crippen LogP contribution in [-0.4, -0.2) is 39.9 Å². The van der Waals surface area contributed by atoms with Gasteiger partial charge < -0.3 is 26.6 Å². The molecule has 1 spiro atoms. The number of fused-ring (bicyclic) bond motifs is 1. The number of aliphatic carboxylic acids is 1. The molecule has 0 bridgehead atoms. The lowest BCUT2D eigenvalue weighted by Gasteiger charge is -2.57. The number of aromatic nitrogens is 2. The normalized spacial score (nSPS) is 22.6. The summed E-state index contributed by atoms with van der Waals surface area (Å²) in [6, 6.07) is 7.57. The van der Waals surface area contributed by atoms with Gasteiger partial charge in [-0.1, -0.05) is 11.6 Å². The molecule has 0 saturated heterocycles. The Kier molecular flexibility index (Phi) is 7.46. The average molecular weight is 568 g/mol. The predicted molar refractivity (Wildman–Crippen MR) is 150 cm³/mol. The van der Waals surface area contributed by atoms with Gasteiger partial charge in [-0.05, 0) is 73.4 Å². The van der Waals surface area contributed by atoms with Crippen molar-refractivity contribution in [2.24, 2.45) is 22.8 Å². The van der Waals surface area contributed by atoms with Gasteiger partial charge in [0, 0.05) is 45.9 Å². The molecule has 6 N–H and O–H groups in total. The molecular formula is C29H31ClFN5O4. The minimum absolute atomic E-state index is 0.0307. The highest BCUT2D eigenvalue weighted by Crippen LogP contribution is 2.59. The molecule has 0 unspecified atom stereocenters. The molecule has 2 aromatic carbocycles. The van der Waals surface area contributed by atoms with E-state index in [9.17, 15) is 14.0 Å². The number of carboxylic acids is 1. The minimum Gasteiger partial charge on any atom is -0.497 e. The lowest BCUT2D eigenvalue weighted by Crippen LogP contribution is -2.56. The zero-order valence-corrected chi connectivity index (χ0v) is 22.7. The van der Waals surface area contributed by atoms with Crippen LogP contribution in [0.4, 0.5) is 4.39 Å². The zero-order chi connectivity index (χ0) is 28.6. The number of carbonyl (C=O) groups is 2. The fraction of sp³-hybridized carbons (Fsp3) is 0.345. The highest BCUT2D eigenvalue weighted by molar-refractivity contribution is 6.32. The monoisotopic (exact) mass is 567 g/mol. The van der Waals surface area contributed by atoms with Gasteiger partial charge >= 0.3 is 5.97 Å². The lowest BCUT2D eigenvalue weighted by molar-refractivity contribution is -0.142. The van der Waals surface area contributed by atoms with E-state index in [0.29, 0.717) is 44.2 Å². The van der Waals surface area contributed by atoms with Crippen LogP contribution in [-0.2, 0) is 11.3 Å². The third kappa shape index (κ3) is 5.77. The van der Waals surface area contributed by atoms with Crippen LogP contribution in [0.25, 0.3) is 16.6 Å². The van der Waals surface area contributed by atoms with Crippen LogP contribution >= 0.6 is 11.6 Å². The highest BCUT2D eigenvalue weighted by atomic mass is 35.5. The number of methoxy groups -OCH3 is 1. The molecule has 2 saturated carbocycles. The number of amides is 1. The molecular weight excluding hydrogens is 537 g/mol. The average Bonchev–Trinajstić information content (AvgIpc) is 3.25. The van der Waals surface area contributed by atoms with Gasteiger partial charge in [-0.25, -0.2) is 4.39 Å². The van der Waals surface area contributed by atoms with Gasteiger partial charge in [0.1, 0.15) is 11.6 Å². The first-order valence-electron chi connectivity index (χ1n) is 13.0. The Balaban J connectivity index is 1.29. The van der Waals surface area contributed by atoms with Crippen molar-refractivity contribution in [1.29, 1.82) is 0 Å². The number of nitrogens with one attached hydrogen (secondary N) is 1. The molecule has 3 aromatic rings. The summed E-state index contributed by atoms with van der Waals surface area (Å²) in [4.78, 5) is 24.3. The summed E-state index contributed by atoms with van der Waals surface area (Å²) in [6.07, 6.45) is 8.52. The molecule has 1 amide bonds. The number of halogens is 2. The summed E-state index contributed by atoms with van der Waals surface area (Å²) in [6.45, 7) is 0.180. The Morgan fingerprint density at radius 1 is 1.20 bits per heavy atom. The summed E-state index contributed by atoms with van der Waals surface area (Å²) in [5, 5.41) is 17.6. The second-order valence-corrected chi connectivity index (χ2v) is 11.3.